The third kappa shape index (κ3) is 4.55. The maximum absolute atomic E-state index is 12.4. The second-order valence-electron chi connectivity index (χ2n) is 5.50. The standard InChI is InChI=1S/C16H22ClNO2S/c1-2-18(12-6-4-3-5-7-12)16(20)11-8-13(19)14-9-10-15(17)21-14/h9-10,12H,2-8,11H2,1H3. The summed E-state index contributed by atoms with van der Waals surface area (Å²) in [7, 11) is 0. The molecule has 0 aliphatic heterocycles. The van der Waals surface area contributed by atoms with E-state index in [1.165, 1.54) is 30.6 Å². The molecule has 1 aliphatic carbocycles. The van der Waals surface area contributed by atoms with Crippen LogP contribution in [0.15, 0.2) is 12.1 Å². The lowest BCUT2D eigenvalue weighted by Gasteiger charge is -2.33. The van der Waals surface area contributed by atoms with Crippen LogP contribution in [-0.4, -0.2) is 29.2 Å². The Morgan fingerprint density at radius 3 is 2.52 bits per heavy atom. The SMILES string of the molecule is CCN(C(=O)CCC(=O)c1ccc(Cl)s1)C1CCCCC1. The first kappa shape index (κ1) is 16.5. The highest BCUT2D eigenvalue weighted by atomic mass is 35.5. The Kier molecular flexibility index (Phi) is 6.24. The number of hydrogen-bond donors (Lipinski definition) is 0. The van der Waals surface area contributed by atoms with Crippen LogP contribution in [0.3, 0.4) is 0 Å². The van der Waals surface area contributed by atoms with E-state index in [1.807, 2.05) is 11.8 Å². The van der Waals surface area contributed by atoms with Gasteiger partial charge in [0.2, 0.25) is 5.91 Å². The van der Waals surface area contributed by atoms with E-state index in [1.54, 1.807) is 12.1 Å². The van der Waals surface area contributed by atoms with Gasteiger partial charge in [0.25, 0.3) is 0 Å². The first-order valence-corrected chi connectivity index (χ1v) is 8.89. The van der Waals surface area contributed by atoms with Gasteiger partial charge in [0.15, 0.2) is 5.78 Å². The molecule has 0 aromatic carbocycles. The Hall–Kier alpha value is -0.870. The molecular weight excluding hydrogens is 306 g/mol. The number of nitrogens with zero attached hydrogens (tertiary/aromatic N) is 1. The molecule has 0 bridgehead atoms. The van der Waals surface area contributed by atoms with Crippen molar-refractivity contribution in [1.29, 1.82) is 0 Å². The highest BCUT2D eigenvalue weighted by Gasteiger charge is 2.24. The summed E-state index contributed by atoms with van der Waals surface area (Å²) in [6, 6.07) is 3.84. The van der Waals surface area contributed by atoms with Gasteiger partial charge in [-0.3, -0.25) is 9.59 Å². The monoisotopic (exact) mass is 327 g/mol. The van der Waals surface area contributed by atoms with Crippen molar-refractivity contribution < 1.29 is 9.59 Å². The highest BCUT2D eigenvalue weighted by Crippen LogP contribution is 2.25. The smallest absolute Gasteiger partial charge is 0.223 e. The quantitative estimate of drug-likeness (QED) is 0.719. The van der Waals surface area contributed by atoms with E-state index in [4.69, 9.17) is 11.6 Å². The van der Waals surface area contributed by atoms with Gasteiger partial charge in [-0.15, -0.1) is 11.3 Å². The molecule has 1 fully saturated rings. The molecule has 3 nitrogen and oxygen atoms in total. The number of carbonyl (C=O) groups excluding carboxylic acids is 2. The average molecular weight is 328 g/mol. The summed E-state index contributed by atoms with van der Waals surface area (Å²) in [6.07, 6.45) is 6.49. The Morgan fingerprint density at radius 2 is 1.95 bits per heavy atom. The lowest BCUT2D eigenvalue weighted by atomic mass is 9.94. The minimum Gasteiger partial charge on any atom is -0.340 e. The molecule has 1 aliphatic rings. The van der Waals surface area contributed by atoms with Crippen LogP contribution in [0.25, 0.3) is 0 Å². The van der Waals surface area contributed by atoms with Gasteiger partial charge < -0.3 is 4.90 Å². The van der Waals surface area contributed by atoms with Crippen LogP contribution in [0, 0.1) is 0 Å². The second kappa shape index (κ2) is 7.95. The summed E-state index contributed by atoms with van der Waals surface area (Å²) < 4.78 is 0.613. The molecule has 5 heteroatoms. The van der Waals surface area contributed by atoms with E-state index < -0.39 is 0 Å². The van der Waals surface area contributed by atoms with E-state index >= 15 is 0 Å². The minimum absolute atomic E-state index is 0.0138. The summed E-state index contributed by atoms with van der Waals surface area (Å²) in [6.45, 7) is 2.76. The second-order valence-corrected chi connectivity index (χ2v) is 7.21. The van der Waals surface area contributed by atoms with Crippen molar-refractivity contribution >= 4 is 34.6 Å². The Bertz CT molecular complexity index is 494. The molecule has 116 valence electrons. The van der Waals surface area contributed by atoms with Crippen LogP contribution in [0.4, 0.5) is 0 Å². The summed E-state index contributed by atoms with van der Waals surface area (Å²) in [5.74, 6) is 0.125. The molecule has 1 aromatic heterocycles. The van der Waals surface area contributed by atoms with Gasteiger partial charge in [-0.05, 0) is 31.9 Å². The summed E-state index contributed by atoms with van der Waals surface area (Å²) >= 11 is 7.11. The number of carbonyl (C=O) groups is 2. The molecule has 0 saturated heterocycles. The molecule has 1 aromatic rings. The van der Waals surface area contributed by atoms with Crippen molar-refractivity contribution in [2.45, 2.75) is 57.9 Å². The van der Waals surface area contributed by atoms with E-state index in [-0.39, 0.29) is 18.1 Å². The Balaban J connectivity index is 1.86. The van der Waals surface area contributed by atoms with Gasteiger partial charge in [-0.25, -0.2) is 0 Å². The van der Waals surface area contributed by atoms with Crippen LogP contribution in [0.1, 0.15) is 61.5 Å². The van der Waals surface area contributed by atoms with Gasteiger partial charge >= 0.3 is 0 Å². The van der Waals surface area contributed by atoms with Gasteiger partial charge in [0.1, 0.15) is 0 Å². The summed E-state index contributed by atoms with van der Waals surface area (Å²) in [5.41, 5.74) is 0. The lowest BCUT2D eigenvalue weighted by Crippen LogP contribution is -2.41. The van der Waals surface area contributed by atoms with E-state index in [9.17, 15) is 9.59 Å². The van der Waals surface area contributed by atoms with Crippen LogP contribution < -0.4 is 0 Å². The predicted molar refractivity (Wildman–Crippen MR) is 87.2 cm³/mol. The zero-order valence-corrected chi connectivity index (χ0v) is 14.0. The molecule has 1 heterocycles. The molecule has 1 amide bonds. The van der Waals surface area contributed by atoms with Crippen molar-refractivity contribution in [3.05, 3.63) is 21.3 Å². The molecule has 2 rings (SSSR count). The molecule has 1 saturated carbocycles. The van der Waals surface area contributed by atoms with Crippen molar-refractivity contribution in [3.8, 4) is 0 Å². The van der Waals surface area contributed by atoms with Crippen molar-refractivity contribution in [2.24, 2.45) is 0 Å². The molecule has 21 heavy (non-hydrogen) atoms. The lowest BCUT2D eigenvalue weighted by molar-refractivity contribution is -0.133. The zero-order valence-electron chi connectivity index (χ0n) is 12.4. The van der Waals surface area contributed by atoms with Gasteiger partial charge in [-0.2, -0.15) is 0 Å². The van der Waals surface area contributed by atoms with Crippen molar-refractivity contribution in [1.82, 2.24) is 4.90 Å². The van der Waals surface area contributed by atoms with Crippen molar-refractivity contribution in [3.63, 3.8) is 0 Å². The molecule has 0 N–H and O–H groups in total. The van der Waals surface area contributed by atoms with Crippen molar-refractivity contribution in [2.75, 3.05) is 6.54 Å². The fourth-order valence-corrected chi connectivity index (χ4v) is 3.99. The molecule has 0 atom stereocenters. The topological polar surface area (TPSA) is 37.4 Å². The zero-order chi connectivity index (χ0) is 15.2. The largest absolute Gasteiger partial charge is 0.340 e. The number of rotatable bonds is 6. The first-order valence-electron chi connectivity index (χ1n) is 7.69. The fraction of sp³-hybridized carbons (Fsp3) is 0.625. The van der Waals surface area contributed by atoms with E-state index in [2.05, 4.69) is 0 Å². The van der Waals surface area contributed by atoms with Gasteiger partial charge in [-0.1, -0.05) is 30.9 Å². The highest BCUT2D eigenvalue weighted by molar-refractivity contribution is 7.18. The number of hydrogen-bond acceptors (Lipinski definition) is 3. The number of Topliss-reactive ketones (excluding diaryl/α,β-unsaturated/α-hetero) is 1. The van der Waals surface area contributed by atoms with Crippen LogP contribution in [-0.2, 0) is 4.79 Å². The van der Waals surface area contributed by atoms with E-state index in [0.29, 0.717) is 21.7 Å². The third-order valence-corrected chi connectivity index (χ3v) is 5.36. The Labute approximate surface area is 135 Å². The molecule has 0 spiro atoms. The molecule has 0 unspecified atom stereocenters. The minimum atomic E-state index is 0.0138. The maximum atomic E-state index is 12.4. The Morgan fingerprint density at radius 1 is 1.24 bits per heavy atom. The predicted octanol–water partition coefficient (Wildman–Crippen LogP) is 4.55. The molecular formula is C16H22ClNO2S. The normalized spacial score (nSPS) is 15.9. The number of ketones is 1. The summed E-state index contributed by atoms with van der Waals surface area (Å²) in [4.78, 5) is 27.0. The van der Waals surface area contributed by atoms with E-state index in [0.717, 1.165) is 19.4 Å². The van der Waals surface area contributed by atoms with Crippen LogP contribution in [0.5, 0.6) is 0 Å². The van der Waals surface area contributed by atoms with Gasteiger partial charge in [0.05, 0.1) is 9.21 Å². The van der Waals surface area contributed by atoms with Crippen LogP contribution in [0.2, 0.25) is 4.34 Å². The van der Waals surface area contributed by atoms with Gasteiger partial charge in [0, 0.05) is 25.4 Å². The maximum Gasteiger partial charge on any atom is 0.223 e. The number of halogens is 1. The first-order chi connectivity index (χ1) is 10.1. The fourth-order valence-electron chi connectivity index (χ4n) is 2.98. The average Bonchev–Trinajstić information content (AvgIpc) is 2.93. The molecule has 0 radical (unpaired) electrons. The number of amides is 1. The summed E-state index contributed by atoms with van der Waals surface area (Å²) in [5, 5.41) is 0. The number of thiophene rings is 1. The third-order valence-electron chi connectivity index (χ3n) is 4.09. The van der Waals surface area contributed by atoms with Crippen LogP contribution >= 0.6 is 22.9 Å².